The summed E-state index contributed by atoms with van der Waals surface area (Å²) >= 11 is 1.75. The van der Waals surface area contributed by atoms with Crippen molar-refractivity contribution >= 4 is 40.3 Å². The Balaban J connectivity index is 3.47. The lowest BCUT2D eigenvalue weighted by molar-refractivity contribution is -0.140. The van der Waals surface area contributed by atoms with Gasteiger partial charge in [-0.05, 0) is 67.2 Å². The maximum absolute atomic E-state index is 13.2. The molecule has 0 amide bonds. The van der Waals surface area contributed by atoms with Crippen molar-refractivity contribution in [1.29, 1.82) is 0 Å². The molecule has 0 heterocycles. The summed E-state index contributed by atoms with van der Waals surface area (Å²) in [6.07, 6.45) is 12.8. The van der Waals surface area contributed by atoms with E-state index in [1.165, 1.54) is 33.5 Å². The standard InChI is InChI=1S/C36H68O6SSi2/c1-15-16-20-27(2)25-28(41-44(11,12)35(3,4)5)22-23-29-31(42-45(13,14)36(6,7)8)26-30(34(38)40-10)33(29)43-24-19-17-18-21-32(37)39-9/h22-23,27-29,31H,15-21,24-26H2,1-14H3/t27-,28-,29+,31-/m1/s1. The highest BCUT2D eigenvalue weighted by Crippen LogP contribution is 2.47. The van der Waals surface area contributed by atoms with Crippen molar-refractivity contribution in [2.24, 2.45) is 11.8 Å². The summed E-state index contributed by atoms with van der Waals surface area (Å²) in [4.78, 5) is 25.8. The predicted molar refractivity (Wildman–Crippen MR) is 197 cm³/mol. The predicted octanol–water partition coefficient (Wildman–Crippen LogP) is 10.5. The fourth-order valence-corrected chi connectivity index (χ4v) is 8.99. The van der Waals surface area contributed by atoms with E-state index in [0.29, 0.717) is 18.8 Å². The summed E-state index contributed by atoms with van der Waals surface area (Å²) in [5.41, 5.74) is 0.744. The average Bonchev–Trinajstić information content (AvgIpc) is 3.26. The summed E-state index contributed by atoms with van der Waals surface area (Å²) in [6, 6.07) is 0. The molecule has 262 valence electrons. The zero-order valence-corrected chi connectivity index (χ0v) is 34.2. The van der Waals surface area contributed by atoms with Crippen LogP contribution in [-0.2, 0) is 27.9 Å². The van der Waals surface area contributed by atoms with Crippen LogP contribution in [0.1, 0.15) is 113 Å². The second-order valence-electron chi connectivity index (χ2n) is 16.0. The summed E-state index contributed by atoms with van der Waals surface area (Å²) in [5, 5.41) is 0.158. The first-order valence-electron chi connectivity index (χ1n) is 17.3. The highest BCUT2D eigenvalue weighted by atomic mass is 32.2. The highest BCUT2D eigenvalue weighted by molar-refractivity contribution is 8.03. The molecule has 0 aromatic rings. The van der Waals surface area contributed by atoms with Crippen molar-refractivity contribution in [1.82, 2.24) is 0 Å². The molecule has 0 N–H and O–H groups in total. The first kappa shape index (κ1) is 42.1. The van der Waals surface area contributed by atoms with Crippen LogP contribution in [0.5, 0.6) is 0 Å². The van der Waals surface area contributed by atoms with Crippen LogP contribution in [0.3, 0.4) is 0 Å². The van der Waals surface area contributed by atoms with E-state index in [1.54, 1.807) is 11.8 Å². The van der Waals surface area contributed by atoms with Gasteiger partial charge in [-0.3, -0.25) is 4.79 Å². The number of ether oxygens (including phenoxy) is 2. The third kappa shape index (κ3) is 13.6. The van der Waals surface area contributed by atoms with E-state index in [9.17, 15) is 9.59 Å². The molecule has 4 atom stereocenters. The van der Waals surface area contributed by atoms with Crippen molar-refractivity contribution in [3.63, 3.8) is 0 Å². The molecule has 0 aromatic heterocycles. The van der Waals surface area contributed by atoms with Crippen LogP contribution in [0, 0.1) is 11.8 Å². The minimum atomic E-state index is -2.13. The molecule has 9 heteroatoms. The molecule has 0 fully saturated rings. The zero-order chi connectivity index (χ0) is 34.6. The van der Waals surface area contributed by atoms with Crippen LogP contribution >= 0.6 is 11.8 Å². The number of unbranched alkanes of at least 4 members (excludes halogenated alkanes) is 3. The molecule has 0 aromatic carbocycles. The zero-order valence-electron chi connectivity index (χ0n) is 31.4. The topological polar surface area (TPSA) is 71.1 Å². The number of esters is 2. The van der Waals surface area contributed by atoms with Gasteiger partial charge in [0.25, 0.3) is 0 Å². The molecular weight excluding hydrogens is 617 g/mol. The molecule has 0 saturated carbocycles. The number of carbonyl (C=O) groups is 2. The van der Waals surface area contributed by atoms with Gasteiger partial charge < -0.3 is 18.3 Å². The maximum Gasteiger partial charge on any atom is 0.334 e. The number of methoxy groups -OCH3 is 2. The smallest absolute Gasteiger partial charge is 0.334 e. The van der Waals surface area contributed by atoms with Crippen LogP contribution in [-0.4, -0.2) is 60.8 Å². The van der Waals surface area contributed by atoms with Gasteiger partial charge in [0, 0.05) is 29.2 Å². The van der Waals surface area contributed by atoms with Crippen molar-refractivity contribution in [2.75, 3.05) is 20.0 Å². The Bertz CT molecular complexity index is 992. The first-order valence-corrected chi connectivity index (χ1v) is 24.1. The van der Waals surface area contributed by atoms with Crippen molar-refractivity contribution in [2.45, 2.75) is 162 Å². The van der Waals surface area contributed by atoms with Crippen molar-refractivity contribution < 1.29 is 27.9 Å². The summed E-state index contributed by atoms with van der Waals surface area (Å²) in [5.74, 6) is 0.970. The Labute approximate surface area is 283 Å². The van der Waals surface area contributed by atoms with E-state index in [1.807, 2.05) is 0 Å². The molecule has 45 heavy (non-hydrogen) atoms. The number of carbonyl (C=O) groups excluding carboxylic acids is 2. The summed E-state index contributed by atoms with van der Waals surface area (Å²) < 4.78 is 24.2. The van der Waals surface area contributed by atoms with Crippen LogP contribution in [0.2, 0.25) is 36.3 Å². The molecule has 1 aliphatic carbocycles. The Kier molecular flexibility index (Phi) is 17.4. The number of rotatable bonds is 19. The summed E-state index contributed by atoms with van der Waals surface area (Å²) in [7, 11) is -1.25. The van der Waals surface area contributed by atoms with Crippen LogP contribution in [0.25, 0.3) is 0 Å². The minimum Gasteiger partial charge on any atom is -0.469 e. The largest absolute Gasteiger partial charge is 0.469 e. The Morgan fingerprint density at radius 2 is 1.56 bits per heavy atom. The third-order valence-electron chi connectivity index (χ3n) is 10.1. The Morgan fingerprint density at radius 1 is 0.933 bits per heavy atom. The molecule has 0 aliphatic heterocycles. The van der Waals surface area contributed by atoms with E-state index in [0.717, 1.165) is 41.9 Å². The number of thioether (sulfide) groups is 1. The lowest BCUT2D eigenvalue weighted by atomic mass is 9.96. The Morgan fingerprint density at radius 3 is 2.09 bits per heavy atom. The van der Waals surface area contributed by atoms with Gasteiger partial charge >= 0.3 is 11.9 Å². The van der Waals surface area contributed by atoms with Gasteiger partial charge in [-0.2, -0.15) is 0 Å². The fraction of sp³-hybridized carbons (Fsp3) is 0.833. The van der Waals surface area contributed by atoms with E-state index < -0.39 is 16.6 Å². The molecular formula is C36H68O6SSi2. The first-order chi connectivity index (χ1) is 20.7. The quantitative estimate of drug-likeness (QED) is 0.0580. The van der Waals surface area contributed by atoms with Crippen LogP contribution < -0.4 is 0 Å². The lowest BCUT2D eigenvalue weighted by Crippen LogP contribution is -2.45. The van der Waals surface area contributed by atoms with E-state index in [2.05, 4.69) is 93.7 Å². The highest BCUT2D eigenvalue weighted by Gasteiger charge is 2.45. The molecule has 1 aliphatic rings. The molecule has 0 bridgehead atoms. The van der Waals surface area contributed by atoms with E-state index in [-0.39, 0.29) is 40.1 Å². The fourth-order valence-electron chi connectivity index (χ4n) is 5.03. The normalized spacial score (nSPS) is 19.7. The molecule has 1 rings (SSSR count). The third-order valence-corrected chi connectivity index (χ3v) is 20.4. The second-order valence-corrected chi connectivity index (χ2v) is 26.7. The maximum atomic E-state index is 13.2. The SMILES string of the molecule is CCCC[C@@H](C)C[C@@H](C=C[C@@H]1C(SCCCCCC(=O)OC)=C(C(=O)OC)C[C@H]1O[Si](C)(C)C(C)(C)C)O[Si](C)(C)C(C)(C)C. The molecule has 0 saturated heterocycles. The Hall–Kier alpha value is -0.876. The van der Waals surface area contributed by atoms with Crippen LogP contribution in [0.15, 0.2) is 22.6 Å². The second kappa shape index (κ2) is 18.6. The molecule has 0 unspecified atom stereocenters. The van der Waals surface area contributed by atoms with Crippen LogP contribution in [0.4, 0.5) is 0 Å². The summed E-state index contributed by atoms with van der Waals surface area (Å²) in [6.45, 7) is 27.5. The monoisotopic (exact) mass is 684 g/mol. The number of hydrogen-bond acceptors (Lipinski definition) is 7. The molecule has 0 spiro atoms. The van der Waals surface area contributed by atoms with Gasteiger partial charge in [0.1, 0.15) is 0 Å². The van der Waals surface area contributed by atoms with Gasteiger partial charge in [-0.15, -0.1) is 11.8 Å². The molecule has 6 nitrogen and oxygen atoms in total. The van der Waals surface area contributed by atoms with Gasteiger partial charge in [0.05, 0.1) is 26.4 Å². The van der Waals surface area contributed by atoms with Gasteiger partial charge in [-0.25, -0.2) is 4.79 Å². The van der Waals surface area contributed by atoms with Gasteiger partial charge in [0.15, 0.2) is 16.6 Å². The van der Waals surface area contributed by atoms with Crippen molar-refractivity contribution in [3.05, 3.63) is 22.6 Å². The van der Waals surface area contributed by atoms with Crippen molar-refractivity contribution in [3.8, 4) is 0 Å². The molecule has 0 radical (unpaired) electrons. The lowest BCUT2D eigenvalue weighted by Gasteiger charge is -2.40. The average molecular weight is 685 g/mol. The van der Waals surface area contributed by atoms with E-state index >= 15 is 0 Å². The van der Waals surface area contributed by atoms with E-state index in [4.69, 9.17) is 18.3 Å². The number of hydrogen-bond donors (Lipinski definition) is 0. The van der Waals surface area contributed by atoms with Gasteiger partial charge in [-0.1, -0.05) is 93.2 Å². The minimum absolute atomic E-state index is 0.0121. The van der Waals surface area contributed by atoms with Gasteiger partial charge in [0.2, 0.25) is 0 Å².